The SMILES string of the molecule is O=C(N[C@@H](Cc1cnc2ccccc2n1)C(=O)O)c1c(F)cc(F)cc1F. The van der Waals surface area contributed by atoms with Gasteiger partial charge in [0, 0.05) is 24.8 Å². The summed E-state index contributed by atoms with van der Waals surface area (Å²) in [5.74, 6) is -6.80. The van der Waals surface area contributed by atoms with E-state index in [9.17, 15) is 27.9 Å². The average Bonchev–Trinajstić information content (AvgIpc) is 2.60. The van der Waals surface area contributed by atoms with E-state index in [0.29, 0.717) is 23.2 Å². The minimum Gasteiger partial charge on any atom is -0.480 e. The van der Waals surface area contributed by atoms with Gasteiger partial charge < -0.3 is 10.4 Å². The zero-order chi connectivity index (χ0) is 19.6. The molecule has 27 heavy (non-hydrogen) atoms. The maximum atomic E-state index is 13.7. The van der Waals surface area contributed by atoms with Crippen LogP contribution in [0.2, 0.25) is 0 Å². The Morgan fingerprint density at radius 2 is 1.70 bits per heavy atom. The number of carboxylic acids is 1. The smallest absolute Gasteiger partial charge is 0.326 e. The van der Waals surface area contributed by atoms with E-state index in [1.165, 1.54) is 6.20 Å². The number of hydrogen-bond acceptors (Lipinski definition) is 4. The van der Waals surface area contributed by atoms with Gasteiger partial charge in [0.25, 0.3) is 5.91 Å². The third kappa shape index (κ3) is 4.02. The summed E-state index contributed by atoms with van der Waals surface area (Å²) in [6, 6.07) is 6.06. The molecule has 0 spiro atoms. The van der Waals surface area contributed by atoms with E-state index in [0.717, 1.165) is 0 Å². The Labute approximate surface area is 150 Å². The second-order valence-electron chi connectivity index (χ2n) is 5.66. The number of aromatic nitrogens is 2. The molecular formula is C18H12F3N3O3. The number of carbonyl (C=O) groups excluding carboxylic acids is 1. The molecule has 138 valence electrons. The minimum absolute atomic E-state index is 0.261. The fraction of sp³-hybridized carbons (Fsp3) is 0.111. The number of halogens is 3. The summed E-state index contributed by atoms with van der Waals surface area (Å²) < 4.78 is 40.4. The Balaban J connectivity index is 1.83. The topological polar surface area (TPSA) is 92.2 Å². The molecule has 3 aromatic rings. The molecule has 1 atom stereocenters. The first kappa shape index (κ1) is 18.3. The number of carbonyl (C=O) groups is 2. The molecule has 0 unspecified atom stereocenters. The summed E-state index contributed by atoms with van der Waals surface area (Å²) >= 11 is 0. The fourth-order valence-electron chi connectivity index (χ4n) is 2.49. The van der Waals surface area contributed by atoms with Crippen molar-refractivity contribution in [2.24, 2.45) is 0 Å². The number of para-hydroxylation sites is 2. The number of hydrogen-bond donors (Lipinski definition) is 2. The summed E-state index contributed by atoms with van der Waals surface area (Å²) in [6.07, 6.45) is 1.09. The number of rotatable bonds is 5. The van der Waals surface area contributed by atoms with Crippen LogP contribution in [0.1, 0.15) is 16.1 Å². The Bertz CT molecular complexity index is 1020. The van der Waals surface area contributed by atoms with Crippen molar-refractivity contribution < 1.29 is 27.9 Å². The summed E-state index contributed by atoms with van der Waals surface area (Å²) in [5.41, 5.74) is 0.336. The van der Waals surface area contributed by atoms with Crippen LogP contribution in [0.15, 0.2) is 42.6 Å². The number of nitrogens with one attached hydrogen (secondary N) is 1. The molecule has 0 saturated carbocycles. The van der Waals surface area contributed by atoms with Crippen LogP contribution in [0.4, 0.5) is 13.2 Å². The number of benzene rings is 2. The van der Waals surface area contributed by atoms with Gasteiger partial charge in [-0.05, 0) is 12.1 Å². The first-order chi connectivity index (χ1) is 12.8. The van der Waals surface area contributed by atoms with Gasteiger partial charge in [-0.2, -0.15) is 0 Å². The lowest BCUT2D eigenvalue weighted by molar-refractivity contribution is -0.139. The van der Waals surface area contributed by atoms with E-state index < -0.39 is 40.9 Å². The highest BCUT2D eigenvalue weighted by atomic mass is 19.1. The van der Waals surface area contributed by atoms with Crippen LogP contribution in [0.3, 0.4) is 0 Å². The molecule has 1 heterocycles. The van der Waals surface area contributed by atoms with Gasteiger partial charge in [-0.25, -0.2) is 22.9 Å². The number of aliphatic carboxylic acids is 1. The van der Waals surface area contributed by atoms with Gasteiger partial charge in [0.2, 0.25) is 0 Å². The van der Waals surface area contributed by atoms with Crippen LogP contribution < -0.4 is 5.32 Å². The van der Waals surface area contributed by atoms with Crippen LogP contribution in [0, 0.1) is 17.5 Å². The third-order valence-electron chi connectivity index (χ3n) is 3.75. The van der Waals surface area contributed by atoms with Gasteiger partial charge in [0.15, 0.2) is 0 Å². The lowest BCUT2D eigenvalue weighted by atomic mass is 10.1. The number of fused-ring (bicyclic) bond motifs is 1. The van der Waals surface area contributed by atoms with Crippen molar-refractivity contribution in [3.8, 4) is 0 Å². The molecule has 6 nitrogen and oxygen atoms in total. The Hall–Kier alpha value is -3.49. The lowest BCUT2D eigenvalue weighted by Crippen LogP contribution is -2.43. The largest absolute Gasteiger partial charge is 0.480 e. The Morgan fingerprint density at radius 3 is 2.33 bits per heavy atom. The van der Waals surface area contributed by atoms with E-state index in [1.807, 2.05) is 5.32 Å². The Kier molecular flexibility index (Phi) is 5.02. The first-order valence-corrected chi connectivity index (χ1v) is 7.74. The van der Waals surface area contributed by atoms with Crippen LogP contribution in [-0.4, -0.2) is 33.0 Å². The van der Waals surface area contributed by atoms with Gasteiger partial charge in [-0.3, -0.25) is 9.78 Å². The van der Waals surface area contributed by atoms with Crippen molar-refractivity contribution >= 4 is 22.9 Å². The van der Waals surface area contributed by atoms with Crippen molar-refractivity contribution in [1.82, 2.24) is 15.3 Å². The standard InChI is InChI=1S/C18H12F3N3O3/c19-9-5-11(20)16(12(21)6-9)17(25)24-15(18(26)27)7-10-8-22-13-3-1-2-4-14(13)23-10/h1-6,8,15H,7H2,(H,24,25)(H,26,27)/t15-/m0/s1. The molecule has 1 amide bonds. The van der Waals surface area contributed by atoms with Gasteiger partial charge in [0.1, 0.15) is 29.1 Å². The summed E-state index contributed by atoms with van der Waals surface area (Å²) in [7, 11) is 0. The zero-order valence-corrected chi connectivity index (χ0v) is 13.6. The number of amides is 1. The van der Waals surface area contributed by atoms with E-state index >= 15 is 0 Å². The normalized spacial score (nSPS) is 12.0. The van der Waals surface area contributed by atoms with Gasteiger partial charge >= 0.3 is 5.97 Å². The molecule has 0 radical (unpaired) electrons. The molecule has 3 rings (SSSR count). The Morgan fingerprint density at radius 1 is 1.07 bits per heavy atom. The monoisotopic (exact) mass is 375 g/mol. The average molecular weight is 375 g/mol. The molecule has 0 aliphatic rings. The van der Waals surface area contributed by atoms with Crippen LogP contribution in [0.25, 0.3) is 11.0 Å². The van der Waals surface area contributed by atoms with Gasteiger partial charge in [-0.15, -0.1) is 0 Å². The molecule has 2 N–H and O–H groups in total. The van der Waals surface area contributed by atoms with Crippen LogP contribution in [-0.2, 0) is 11.2 Å². The van der Waals surface area contributed by atoms with Crippen molar-refractivity contribution in [3.05, 3.63) is 71.3 Å². The van der Waals surface area contributed by atoms with Crippen molar-refractivity contribution in [2.45, 2.75) is 12.5 Å². The molecule has 0 fully saturated rings. The number of carboxylic acid groups (broad SMARTS) is 1. The van der Waals surface area contributed by atoms with E-state index in [2.05, 4.69) is 9.97 Å². The highest BCUT2D eigenvalue weighted by Gasteiger charge is 2.26. The predicted molar refractivity (Wildman–Crippen MR) is 88.4 cm³/mol. The van der Waals surface area contributed by atoms with Crippen LogP contribution in [0.5, 0.6) is 0 Å². The second kappa shape index (κ2) is 7.40. The second-order valence-corrected chi connectivity index (χ2v) is 5.66. The number of nitrogens with zero attached hydrogens (tertiary/aromatic N) is 2. The molecule has 1 aromatic heterocycles. The highest BCUT2D eigenvalue weighted by molar-refractivity contribution is 5.97. The van der Waals surface area contributed by atoms with Crippen molar-refractivity contribution in [1.29, 1.82) is 0 Å². The summed E-state index contributed by atoms with van der Waals surface area (Å²) in [6.45, 7) is 0. The van der Waals surface area contributed by atoms with Gasteiger partial charge in [-0.1, -0.05) is 12.1 Å². The highest BCUT2D eigenvalue weighted by Crippen LogP contribution is 2.15. The molecule has 0 bridgehead atoms. The lowest BCUT2D eigenvalue weighted by Gasteiger charge is -2.15. The zero-order valence-electron chi connectivity index (χ0n) is 13.6. The molecule has 0 aliphatic carbocycles. The maximum absolute atomic E-state index is 13.7. The van der Waals surface area contributed by atoms with E-state index in [4.69, 9.17) is 0 Å². The predicted octanol–water partition coefficient (Wildman–Crippen LogP) is 2.47. The van der Waals surface area contributed by atoms with Crippen LogP contribution >= 0.6 is 0 Å². The summed E-state index contributed by atoms with van der Waals surface area (Å²) in [5, 5.41) is 11.3. The maximum Gasteiger partial charge on any atom is 0.326 e. The molecular weight excluding hydrogens is 363 g/mol. The van der Waals surface area contributed by atoms with E-state index in [1.54, 1.807) is 24.3 Å². The van der Waals surface area contributed by atoms with E-state index in [-0.39, 0.29) is 12.1 Å². The van der Waals surface area contributed by atoms with Crippen molar-refractivity contribution in [2.75, 3.05) is 0 Å². The first-order valence-electron chi connectivity index (χ1n) is 7.74. The molecule has 0 saturated heterocycles. The van der Waals surface area contributed by atoms with Gasteiger partial charge in [0.05, 0.1) is 16.7 Å². The molecule has 0 aliphatic heterocycles. The fourth-order valence-corrected chi connectivity index (χ4v) is 2.49. The molecule has 2 aromatic carbocycles. The minimum atomic E-state index is -1.52. The third-order valence-corrected chi connectivity index (χ3v) is 3.75. The van der Waals surface area contributed by atoms with Crippen molar-refractivity contribution in [3.63, 3.8) is 0 Å². The summed E-state index contributed by atoms with van der Waals surface area (Å²) in [4.78, 5) is 31.9. The molecule has 9 heteroatoms. The quantitative estimate of drug-likeness (QED) is 0.715.